The third-order valence-electron chi connectivity index (χ3n) is 3.26. The largest absolute Gasteiger partial charge is 0.330 e. The summed E-state index contributed by atoms with van der Waals surface area (Å²) in [5.41, 5.74) is 9.97. The minimum absolute atomic E-state index is 0.243. The Morgan fingerprint density at radius 2 is 2.11 bits per heavy atom. The highest BCUT2D eigenvalue weighted by Crippen LogP contribution is 2.21. The standard InChI is InChI=1S/C14H17BrFN3/c1-9-13(5-6-17)10(2)19(18-9)8-11-3-4-12(16)7-14(11)15/h3-4,7H,5-6,8,17H2,1-2H3. The molecule has 3 nitrogen and oxygen atoms in total. The van der Waals surface area contributed by atoms with Crippen molar-refractivity contribution >= 4 is 15.9 Å². The molecule has 2 aromatic rings. The number of benzene rings is 1. The van der Waals surface area contributed by atoms with Gasteiger partial charge in [0.05, 0.1) is 12.2 Å². The number of rotatable bonds is 4. The summed E-state index contributed by atoms with van der Waals surface area (Å²) < 4.78 is 15.8. The van der Waals surface area contributed by atoms with E-state index in [4.69, 9.17) is 5.73 Å². The lowest BCUT2D eigenvalue weighted by atomic mass is 10.1. The highest BCUT2D eigenvalue weighted by atomic mass is 79.9. The summed E-state index contributed by atoms with van der Waals surface area (Å²) in [5.74, 6) is -0.243. The van der Waals surface area contributed by atoms with Crippen molar-refractivity contribution in [2.45, 2.75) is 26.8 Å². The van der Waals surface area contributed by atoms with Gasteiger partial charge in [-0.3, -0.25) is 4.68 Å². The molecule has 0 radical (unpaired) electrons. The number of aromatic nitrogens is 2. The van der Waals surface area contributed by atoms with Gasteiger partial charge in [0.2, 0.25) is 0 Å². The molecule has 5 heteroatoms. The highest BCUT2D eigenvalue weighted by Gasteiger charge is 2.12. The predicted molar refractivity (Wildman–Crippen MR) is 77.7 cm³/mol. The van der Waals surface area contributed by atoms with Crippen LogP contribution in [0.2, 0.25) is 0 Å². The Bertz CT molecular complexity index is 593. The number of halogens is 2. The smallest absolute Gasteiger partial charge is 0.124 e. The van der Waals surface area contributed by atoms with Gasteiger partial charge in [0.15, 0.2) is 0 Å². The van der Waals surface area contributed by atoms with Crippen molar-refractivity contribution in [1.82, 2.24) is 9.78 Å². The quantitative estimate of drug-likeness (QED) is 0.939. The van der Waals surface area contributed by atoms with E-state index in [2.05, 4.69) is 21.0 Å². The van der Waals surface area contributed by atoms with Crippen molar-refractivity contribution in [1.29, 1.82) is 0 Å². The summed E-state index contributed by atoms with van der Waals surface area (Å²) in [6.45, 7) is 5.28. The Hall–Kier alpha value is -1.20. The number of hydrogen-bond donors (Lipinski definition) is 1. The minimum Gasteiger partial charge on any atom is -0.330 e. The zero-order valence-corrected chi connectivity index (χ0v) is 12.7. The third-order valence-corrected chi connectivity index (χ3v) is 4.00. The van der Waals surface area contributed by atoms with Crippen molar-refractivity contribution in [3.05, 3.63) is 51.0 Å². The van der Waals surface area contributed by atoms with Crippen LogP contribution in [0.4, 0.5) is 4.39 Å². The molecule has 2 rings (SSSR count). The average molecular weight is 326 g/mol. The van der Waals surface area contributed by atoms with Crippen molar-refractivity contribution in [3.8, 4) is 0 Å². The Kier molecular flexibility index (Phi) is 4.37. The maximum absolute atomic E-state index is 13.1. The van der Waals surface area contributed by atoms with Gasteiger partial charge in [-0.2, -0.15) is 5.10 Å². The van der Waals surface area contributed by atoms with Gasteiger partial charge in [0.1, 0.15) is 5.82 Å². The summed E-state index contributed by atoms with van der Waals surface area (Å²) in [6.07, 6.45) is 0.836. The second kappa shape index (κ2) is 5.84. The number of nitrogens with two attached hydrogens (primary N) is 1. The summed E-state index contributed by atoms with van der Waals surface area (Å²) in [7, 11) is 0. The molecule has 0 aliphatic rings. The Balaban J connectivity index is 2.31. The minimum atomic E-state index is -0.243. The van der Waals surface area contributed by atoms with Crippen molar-refractivity contribution in [3.63, 3.8) is 0 Å². The summed E-state index contributed by atoms with van der Waals surface area (Å²) in [6, 6.07) is 4.72. The zero-order chi connectivity index (χ0) is 14.0. The second-order valence-electron chi connectivity index (χ2n) is 4.58. The first-order valence-electron chi connectivity index (χ1n) is 6.19. The van der Waals surface area contributed by atoms with Gasteiger partial charge in [0, 0.05) is 10.2 Å². The molecule has 0 unspecified atom stereocenters. The van der Waals surface area contributed by atoms with Crippen LogP contribution in [0.5, 0.6) is 0 Å². The molecule has 0 aliphatic heterocycles. The van der Waals surface area contributed by atoms with Gasteiger partial charge in [-0.1, -0.05) is 22.0 Å². The first kappa shape index (κ1) is 14.2. The average Bonchev–Trinajstić information content (AvgIpc) is 2.61. The molecule has 0 fully saturated rings. The monoisotopic (exact) mass is 325 g/mol. The van der Waals surface area contributed by atoms with Gasteiger partial charge in [-0.15, -0.1) is 0 Å². The van der Waals surface area contributed by atoms with Gasteiger partial charge in [0.25, 0.3) is 0 Å². The Morgan fingerprint density at radius 1 is 1.37 bits per heavy atom. The number of hydrogen-bond acceptors (Lipinski definition) is 2. The van der Waals surface area contributed by atoms with E-state index in [0.717, 1.165) is 27.8 Å². The van der Waals surface area contributed by atoms with E-state index < -0.39 is 0 Å². The molecular formula is C14H17BrFN3. The maximum atomic E-state index is 13.1. The maximum Gasteiger partial charge on any atom is 0.124 e. The molecule has 102 valence electrons. The van der Waals surface area contributed by atoms with Crippen molar-refractivity contribution < 1.29 is 4.39 Å². The molecule has 1 heterocycles. The van der Waals surface area contributed by atoms with E-state index >= 15 is 0 Å². The first-order chi connectivity index (χ1) is 9.02. The fourth-order valence-electron chi connectivity index (χ4n) is 2.21. The molecule has 0 amide bonds. The van der Waals surface area contributed by atoms with E-state index in [9.17, 15) is 4.39 Å². The highest BCUT2D eigenvalue weighted by molar-refractivity contribution is 9.10. The third kappa shape index (κ3) is 3.04. The van der Waals surface area contributed by atoms with E-state index in [1.807, 2.05) is 18.5 Å². The topological polar surface area (TPSA) is 43.8 Å². The van der Waals surface area contributed by atoms with Crippen molar-refractivity contribution in [2.75, 3.05) is 6.54 Å². The fourth-order valence-corrected chi connectivity index (χ4v) is 2.68. The molecule has 0 spiro atoms. The molecule has 0 saturated heterocycles. The van der Waals surface area contributed by atoms with Gasteiger partial charge in [-0.25, -0.2) is 4.39 Å². The lowest BCUT2D eigenvalue weighted by Crippen LogP contribution is -2.07. The van der Waals surface area contributed by atoms with Crippen LogP contribution in [0.25, 0.3) is 0 Å². The normalized spacial score (nSPS) is 11.0. The summed E-state index contributed by atoms with van der Waals surface area (Å²) >= 11 is 3.38. The van der Waals surface area contributed by atoms with Crippen molar-refractivity contribution in [2.24, 2.45) is 5.73 Å². The van der Waals surface area contributed by atoms with Gasteiger partial charge in [-0.05, 0) is 50.1 Å². The van der Waals surface area contributed by atoms with Crippen LogP contribution in [0.1, 0.15) is 22.5 Å². The van der Waals surface area contributed by atoms with Crippen LogP contribution in [0.3, 0.4) is 0 Å². The summed E-state index contributed by atoms with van der Waals surface area (Å²) in [5, 5.41) is 4.53. The molecule has 1 aromatic heterocycles. The van der Waals surface area contributed by atoms with Gasteiger partial charge >= 0.3 is 0 Å². The first-order valence-corrected chi connectivity index (χ1v) is 6.99. The number of aryl methyl sites for hydroxylation is 1. The van der Waals surface area contributed by atoms with Crippen LogP contribution in [-0.4, -0.2) is 16.3 Å². The van der Waals surface area contributed by atoms with Gasteiger partial charge < -0.3 is 5.73 Å². The lowest BCUT2D eigenvalue weighted by molar-refractivity contribution is 0.620. The molecule has 19 heavy (non-hydrogen) atoms. The van der Waals surface area contributed by atoms with E-state index in [1.165, 1.54) is 17.7 Å². The molecule has 0 aliphatic carbocycles. The molecule has 0 bridgehead atoms. The van der Waals surface area contributed by atoms with Crippen LogP contribution >= 0.6 is 15.9 Å². The lowest BCUT2D eigenvalue weighted by Gasteiger charge is -2.07. The van der Waals surface area contributed by atoms with Crippen LogP contribution < -0.4 is 5.73 Å². The van der Waals surface area contributed by atoms with Crippen LogP contribution in [-0.2, 0) is 13.0 Å². The van der Waals surface area contributed by atoms with Crippen LogP contribution in [0, 0.1) is 19.7 Å². The SMILES string of the molecule is Cc1nn(Cc2ccc(F)cc2Br)c(C)c1CCN. The van der Waals surface area contributed by atoms with E-state index in [1.54, 1.807) is 6.07 Å². The molecule has 1 aromatic carbocycles. The number of nitrogens with zero attached hydrogens (tertiary/aromatic N) is 2. The molecule has 2 N–H and O–H groups in total. The fraction of sp³-hybridized carbons (Fsp3) is 0.357. The van der Waals surface area contributed by atoms with Crippen LogP contribution in [0.15, 0.2) is 22.7 Å². The predicted octanol–water partition coefficient (Wildman–Crippen LogP) is 2.95. The molecule has 0 saturated carbocycles. The Labute approximate surface area is 120 Å². The molecular weight excluding hydrogens is 309 g/mol. The van der Waals surface area contributed by atoms with E-state index in [-0.39, 0.29) is 5.82 Å². The van der Waals surface area contributed by atoms with E-state index in [0.29, 0.717) is 13.1 Å². The zero-order valence-electron chi connectivity index (χ0n) is 11.1. The molecule has 0 atom stereocenters. The summed E-state index contributed by atoms with van der Waals surface area (Å²) in [4.78, 5) is 0. The Morgan fingerprint density at radius 3 is 2.74 bits per heavy atom. The second-order valence-corrected chi connectivity index (χ2v) is 5.44.